The molecule has 1 spiro atoms. The average Bonchev–Trinajstić information content (AvgIpc) is 2.73. The topological polar surface area (TPSA) is 98.7 Å². The largest absolute Gasteiger partial charge is 0.508 e. The molecule has 1 aromatic rings. The molecule has 0 bridgehead atoms. The molecule has 7 heteroatoms. The van der Waals surface area contributed by atoms with E-state index in [4.69, 9.17) is 0 Å². The van der Waals surface area contributed by atoms with Crippen molar-refractivity contribution in [2.24, 2.45) is 0 Å². The van der Waals surface area contributed by atoms with E-state index in [9.17, 15) is 19.5 Å². The molecule has 0 unspecified atom stereocenters. The van der Waals surface area contributed by atoms with Gasteiger partial charge in [0.15, 0.2) is 0 Å². The summed E-state index contributed by atoms with van der Waals surface area (Å²) in [6.07, 6.45) is 0.768. The second kappa shape index (κ2) is 4.76. The number of phenolic OH excluding ortho intramolecular Hbond substituents is 1. The van der Waals surface area contributed by atoms with Crippen LogP contribution in [-0.4, -0.2) is 46.5 Å². The maximum Gasteiger partial charge on any atom is 0.322 e. The maximum absolute atomic E-state index is 12.3. The number of carbonyl (C=O) groups is 3. The Balaban J connectivity index is 1.70. The second-order valence-corrected chi connectivity index (χ2v) is 5.33. The van der Waals surface area contributed by atoms with Gasteiger partial charge in [-0.15, -0.1) is 0 Å². The highest BCUT2D eigenvalue weighted by molar-refractivity contribution is 6.07. The van der Waals surface area contributed by atoms with Crippen molar-refractivity contribution in [1.29, 1.82) is 0 Å². The van der Waals surface area contributed by atoms with Crippen molar-refractivity contribution < 1.29 is 19.5 Å². The fourth-order valence-electron chi connectivity index (χ4n) is 2.79. The van der Waals surface area contributed by atoms with E-state index in [1.807, 2.05) is 0 Å². The fourth-order valence-corrected chi connectivity index (χ4v) is 2.79. The third-order valence-corrected chi connectivity index (χ3v) is 4.01. The van der Waals surface area contributed by atoms with Gasteiger partial charge in [0.05, 0.1) is 0 Å². The molecule has 2 aliphatic rings. The number of hydrogen-bond donors (Lipinski definition) is 3. The van der Waals surface area contributed by atoms with Crippen molar-refractivity contribution in [2.75, 3.05) is 13.1 Å². The molecule has 2 aliphatic heterocycles. The van der Waals surface area contributed by atoms with E-state index >= 15 is 0 Å². The van der Waals surface area contributed by atoms with Crippen LogP contribution in [0.25, 0.3) is 0 Å². The van der Waals surface area contributed by atoms with Gasteiger partial charge in [0.2, 0.25) is 0 Å². The molecule has 0 aliphatic carbocycles. The van der Waals surface area contributed by atoms with Crippen LogP contribution in [0.1, 0.15) is 23.2 Å². The second-order valence-electron chi connectivity index (χ2n) is 5.33. The predicted molar refractivity (Wildman–Crippen MR) is 72.6 cm³/mol. The van der Waals surface area contributed by atoms with Crippen LogP contribution < -0.4 is 10.6 Å². The van der Waals surface area contributed by atoms with Gasteiger partial charge in [-0.1, -0.05) is 6.07 Å². The number of benzene rings is 1. The number of rotatable bonds is 1. The van der Waals surface area contributed by atoms with Gasteiger partial charge >= 0.3 is 6.03 Å². The molecule has 0 radical (unpaired) electrons. The number of urea groups is 1. The Morgan fingerprint density at radius 1 is 1.24 bits per heavy atom. The van der Waals surface area contributed by atoms with Crippen molar-refractivity contribution >= 4 is 17.8 Å². The standard InChI is InChI=1S/C14H15N3O4/c18-10-3-1-2-9(8-10)11(19)17-6-4-14(5-7-17)12(20)15-13(21)16-14/h1-3,8,18H,4-7H2,(H2,15,16,20,21). The Kier molecular flexibility index (Phi) is 3.04. The van der Waals surface area contributed by atoms with Gasteiger partial charge < -0.3 is 15.3 Å². The fraction of sp³-hybridized carbons (Fsp3) is 0.357. The summed E-state index contributed by atoms with van der Waals surface area (Å²) in [6.45, 7) is 0.754. The lowest BCUT2D eigenvalue weighted by Crippen LogP contribution is -2.55. The molecule has 2 heterocycles. The van der Waals surface area contributed by atoms with Crippen LogP contribution in [0, 0.1) is 0 Å². The third kappa shape index (κ3) is 2.31. The first kappa shape index (κ1) is 13.4. The maximum atomic E-state index is 12.3. The number of imide groups is 1. The molecule has 0 atom stereocenters. The van der Waals surface area contributed by atoms with Gasteiger partial charge in [-0.3, -0.25) is 14.9 Å². The molecular formula is C14H15N3O4. The zero-order chi connectivity index (χ0) is 15.0. The Morgan fingerprint density at radius 2 is 1.95 bits per heavy atom. The number of phenols is 1. The van der Waals surface area contributed by atoms with Gasteiger partial charge in [-0.25, -0.2) is 4.79 Å². The molecule has 21 heavy (non-hydrogen) atoms. The highest BCUT2D eigenvalue weighted by atomic mass is 16.3. The molecule has 3 N–H and O–H groups in total. The highest BCUT2D eigenvalue weighted by Crippen LogP contribution is 2.26. The van der Waals surface area contributed by atoms with E-state index in [0.717, 1.165) is 0 Å². The van der Waals surface area contributed by atoms with Crippen molar-refractivity contribution in [2.45, 2.75) is 18.4 Å². The first-order valence-corrected chi connectivity index (χ1v) is 6.72. The lowest BCUT2D eigenvalue weighted by molar-refractivity contribution is -0.125. The summed E-state index contributed by atoms with van der Waals surface area (Å²) >= 11 is 0. The zero-order valence-electron chi connectivity index (χ0n) is 11.3. The average molecular weight is 289 g/mol. The Labute approximate surface area is 120 Å². The lowest BCUT2D eigenvalue weighted by atomic mass is 9.87. The summed E-state index contributed by atoms with van der Waals surface area (Å²) in [7, 11) is 0. The molecule has 2 fully saturated rings. The number of nitrogens with one attached hydrogen (secondary N) is 2. The Bertz CT molecular complexity index is 620. The minimum atomic E-state index is -0.882. The molecule has 4 amide bonds. The first-order chi connectivity index (χ1) is 10.00. The number of hydrogen-bond acceptors (Lipinski definition) is 4. The molecular weight excluding hydrogens is 274 g/mol. The van der Waals surface area contributed by atoms with Crippen LogP contribution in [0.3, 0.4) is 0 Å². The van der Waals surface area contributed by atoms with E-state index < -0.39 is 11.6 Å². The number of nitrogens with zero attached hydrogens (tertiary/aromatic N) is 1. The van der Waals surface area contributed by atoms with Crippen LogP contribution in [0.15, 0.2) is 24.3 Å². The highest BCUT2D eigenvalue weighted by Gasteiger charge is 2.48. The van der Waals surface area contributed by atoms with E-state index in [-0.39, 0.29) is 17.6 Å². The van der Waals surface area contributed by atoms with Gasteiger partial charge in [-0.05, 0) is 31.0 Å². The molecule has 1 aromatic carbocycles. The molecule has 2 saturated heterocycles. The SMILES string of the molecule is O=C1NC(=O)C2(CCN(C(=O)c3cccc(O)c3)CC2)N1. The Hall–Kier alpha value is -2.57. The van der Waals surface area contributed by atoms with Crippen LogP contribution in [0.5, 0.6) is 5.75 Å². The summed E-state index contributed by atoms with van der Waals surface area (Å²) in [4.78, 5) is 37.0. The molecule has 0 saturated carbocycles. The minimum Gasteiger partial charge on any atom is -0.508 e. The summed E-state index contributed by atoms with van der Waals surface area (Å²) < 4.78 is 0. The number of amides is 4. The van der Waals surface area contributed by atoms with E-state index in [1.165, 1.54) is 12.1 Å². The summed E-state index contributed by atoms with van der Waals surface area (Å²) in [6, 6.07) is 5.68. The third-order valence-electron chi connectivity index (χ3n) is 4.01. The van der Waals surface area contributed by atoms with Gasteiger partial charge in [-0.2, -0.15) is 0 Å². The van der Waals surface area contributed by atoms with Crippen molar-refractivity contribution in [3.63, 3.8) is 0 Å². The van der Waals surface area contributed by atoms with Crippen molar-refractivity contribution in [3.8, 4) is 5.75 Å². The monoisotopic (exact) mass is 289 g/mol. The van der Waals surface area contributed by atoms with Crippen molar-refractivity contribution in [3.05, 3.63) is 29.8 Å². The van der Waals surface area contributed by atoms with Gasteiger partial charge in [0.25, 0.3) is 11.8 Å². The van der Waals surface area contributed by atoms with Crippen LogP contribution in [0.2, 0.25) is 0 Å². The number of aromatic hydroxyl groups is 1. The summed E-state index contributed by atoms with van der Waals surface area (Å²) in [5.41, 5.74) is -0.474. The normalized spacial score (nSPS) is 20.3. The number of piperidine rings is 1. The van der Waals surface area contributed by atoms with E-state index in [1.54, 1.807) is 17.0 Å². The van der Waals surface area contributed by atoms with E-state index in [0.29, 0.717) is 31.5 Å². The first-order valence-electron chi connectivity index (χ1n) is 6.72. The Morgan fingerprint density at radius 3 is 2.52 bits per heavy atom. The van der Waals surface area contributed by atoms with Crippen LogP contribution >= 0.6 is 0 Å². The van der Waals surface area contributed by atoms with Crippen LogP contribution in [-0.2, 0) is 4.79 Å². The molecule has 7 nitrogen and oxygen atoms in total. The van der Waals surface area contributed by atoms with E-state index in [2.05, 4.69) is 10.6 Å². The summed E-state index contributed by atoms with van der Waals surface area (Å²) in [5, 5.41) is 14.3. The molecule has 110 valence electrons. The summed E-state index contributed by atoms with van der Waals surface area (Å²) in [5.74, 6) is -0.473. The van der Waals surface area contributed by atoms with Gasteiger partial charge in [0, 0.05) is 18.7 Å². The quantitative estimate of drug-likeness (QED) is 0.643. The molecule has 0 aromatic heterocycles. The van der Waals surface area contributed by atoms with Gasteiger partial charge in [0.1, 0.15) is 11.3 Å². The molecule has 3 rings (SSSR count). The predicted octanol–water partition coefficient (Wildman–Crippen LogP) is 0.206. The smallest absolute Gasteiger partial charge is 0.322 e. The number of carbonyl (C=O) groups excluding carboxylic acids is 3. The zero-order valence-corrected chi connectivity index (χ0v) is 11.3. The van der Waals surface area contributed by atoms with Crippen LogP contribution in [0.4, 0.5) is 4.79 Å². The lowest BCUT2D eigenvalue weighted by Gasteiger charge is -2.37. The minimum absolute atomic E-state index is 0.0387. The van der Waals surface area contributed by atoms with Crippen molar-refractivity contribution in [1.82, 2.24) is 15.5 Å². The number of likely N-dealkylation sites (tertiary alicyclic amines) is 1.